The van der Waals surface area contributed by atoms with Gasteiger partial charge in [-0.05, 0) is 43.9 Å². The van der Waals surface area contributed by atoms with Crippen molar-refractivity contribution in [3.63, 3.8) is 0 Å². The van der Waals surface area contributed by atoms with Crippen molar-refractivity contribution < 1.29 is 19.4 Å². The minimum absolute atomic E-state index is 0.0151. The van der Waals surface area contributed by atoms with E-state index in [0.717, 1.165) is 25.9 Å². The van der Waals surface area contributed by atoms with Gasteiger partial charge in [-0.3, -0.25) is 0 Å². The number of fused-ring (bicyclic) bond motifs is 2. The molecule has 4 heteroatoms. The largest absolute Gasteiger partial charge is 0.462 e. The first-order chi connectivity index (χ1) is 11.5. The molecule has 0 spiro atoms. The maximum absolute atomic E-state index is 11.5. The van der Waals surface area contributed by atoms with Gasteiger partial charge in [0, 0.05) is 12.2 Å². The molecule has 2 aliphatic carbocycles. The zero-order valence-electron chi connectivity index (χ0n) is 15.3. The Morgan fingerprint density at radius 2 is 1.88 bits per heavy atom. The van der Waals surface area contributed by atoms with E-state index < -0.39 is 6.10 Å². The van der Waals surface area contributed by atoms with Gasteiger partial charge >= 0.3 is 5.97 Å². The van der Waals surface area contributed by atoms with Crippen molar-refractivity contribution in [2.24, 2.45) is 17.8 Å². The molecular weight excluding hydrogens is 304 g/mol. The number of carbonyl (C=O) groups excluding carboxylic acids is 1. The SMILES string of the molecule is C=C(C)C(=O)OCC1CC2CC1C(O)C2OCCCCCCCC. The van der Waals surface area contributed by atoms with Crippen molar-refractivity contribution in [1.29, 1.82) is 0 Å². The number of unbranched alkanes of at least 4 members (excludes halogenated alkanes) is 5. The molecular formula is C20H34O4. The van der Waals surface area contributed by atoms with Crippen LogP contribution in [0.25, 0.3) is 0 Å². The molecule has 2 bridgehead atoms. The molecule has 5 unspecified atom stereocenters. The fraction of sp³-hybridized carbons (Fsp3) is 0.850. The van der Waals surface area contributed by atoms with Crippen LogP contribution in [0.1, 0.15) is 65.2 Å². The number of aliphatic hydroxyl groups excluding tert-OH is 1. The summed E-state index contributed by atoms with van der Waals surface area (Å²) in [5.41, 5.74) is 0.429. The summed E-state index contributed by atoms with van der Waals surface area (Å²) < 4.78 is 11.3. The molecule has 0 amide bonds. The highest BCUT2D eigenvalue weighted by Crippen LogP contribution is 2.49. The highest BCUT2D eigenvalue weighted by atomic mass is 16.5. The molecule has 0 aromatic carbocycles. The molecule has 24 heavy (non-hydrogen) atoms. The van der Waals surface area contributed by atoms with Gasteiger partial charge < -0.3 is 14.6 Å². The van der Waals surface area contributed by atoms with Crippen molar-refractivity contribution in [2.75, 3.05) is 13.2 Å². The number of esters is 1. The fourth-order valence-electron chi connectivity index (χ4n) is 4.24. The Labute approximate surface area is 146 Å². The average Bonchev–Trinajstić information content (AvgIpc) is 3.10. The van der Waals surface area contributed by atoms with E-state index in [-0.39, 0.29) is 23.9 Å². The third-order valence-electron chi connectivity index (χ3n) is 5.61. The monoisotopic (exact) mass is 338 g/mol. The molecule has 0 saturated heterocycles. The number of rotatable bonds is 11. The van der Waals surface area contributed by atoms with Gasteiger partial charge in [0.1, 0.15) is 0 Å². The van der Waals surface area contributed by atoms with E-state index in [1.807, 2.05) is 0 Å². The molecule has 5 atom stereocenters. The van der Waals surface area contributed by atoms with Crippen LogP contribution < -0.4 is 0 Å². The highest BCUT2D eigenvalue weighted by molar-refractivity contribution is 5.86. The number of hydrogen-bond acceptors (Lipinski definition) is 4. The van der Waals surface area contributed by atoms with E-state index in [2.05, 4.69) is 13.5 Å². The van der Waals surface area contributed by atoms with Gasteiger partial charge in [0.05, 0.1) is 18.8 Å². The van der Waals surface area contributed by atoms with Crippen LogP contribution in [0.4, 0.5) is 0 Å². The molecule has 0 aliphatic heterocycles. The van der Waals surface area contributed by atoms with Crippen molar-refractivity contribution >= 4 is 5.97 Å². The summed E-state index contributed by atoms with van der Waals surface area (Å²) >= 11 is 0. The van der Waals surface area contributed by atoms with E-state index in [9.17, 15) is 9.90 Å². The number of hydrogen-bond donors (Lipinski definition) is 1. The molecule has 0 aromatic heterocycles. The number of aliphatic hydroxyl groups is 1. The lowest BCUT2D eigenvalue weighted by Gasteiger charge is -2.32. The predicted molar refractivity (Wildman–Crippen MR) is 94.6 cm³/mol. The van der Waals surface area contributed by atoms with Gasteiger partial charge in [0.2, 0.25) is 0 Å². The first kappa shape index (κ1) is 19.5. The summed E-state index contributed by atoms with van der Waals surface area (Å²) in [5.74, 6) is 0.562. The van der Waals surface area contributed by atoms with Gasteiger partial charge in [0.25, 0.3) is 0 Å². The predicted octanol–water partition coefficient (Wildman–Crippen LogP) is 3.87. The Bertz CT molecular complexity index is 418. The lowest BCUT2D eigenvalue weighted by atomic mass is 9.85. The molecule has 0 aromatic rings. The zero-order valence-corrected chi connectivity index (χ0v) is 15.3. The van der Waals surface area contributed by atoms with Crippen LogP contribution in [0.5, 0.6) is 0 Å². The molecule has 4 nitrogen and oxygen atoms in total. The van der Waals surface area contributed by atoms with Gasteiger partial charge in [-0.15, -0.1) is 0 Å². The average molecular weight is 338 g/mol. The highest BCUT2D eigenvalue weighted by Gasteiger charge is 2.52. The van der Waals surface area contributed by atoms with Crippen molar-refractivity contribution in [3.8, 4) is 0 Å². The van der Waals surface area contributed by atoms with Crippen LogP contribution in [-0.2, 0) is 14.3 Å². The van der Waals surface area contributed by atoms with Crippen molar-refractivity contribution in [2.45, 2.75) is 77.4 Å². The molecule has 2 rings (SSSR count). The quantitative estimate of drug-likeness (QED) is 0.353. The van der Waals surface area contributed by atoms with Crippen LogP contribution in [0.3, 0.4) is 0 Å². The van der Waals surface area contributed by atoms with Crippen LogP contribution in [0, 0.1) is 17.8 Å². The summed E-state index contributed by atoms with van der Waals surface area (Å²) in [6.07, 6.45) is 9.07. The minimum atomic E-state index is -0.405. The van der Waals surface area contributed by atoms with E-state index in [1.165, 1.54) is 32.1 Å². The summed E-state index contributed by atoms with van der Waals surface area (Å²) in [5, 5.41) is 10.5. The second-order valence-corrected chi connectivity index (χ2v) is 7.63. The third-order valence-corrected chi connectivity index (χ3v) is 5.61. The van der Waals surface area contributed by atoms with Crippen LogP contribution >= 0.6 is 0 Å². The molecule has 0 radical (unpaired) electrons. The maximum atomic E-state index is 11.5. The summed E-state index contributed by atoms with van der Waals surface area (Å²) in [6, 6.07) is 0. The topological polar surface area (TPSA) is 55.8 Å². The molecule has 2 fully saturated rings. The maximum Gasteiger partial charge on any atom is 0.333 e. The second-order valence-electron chi connectivity index (χ2n) is 7.63. The fourth-order valence-corrected chi connectivity index (χ4v) is 4.24. The van der Waals surface area contributed by atoms with Crippen LogP contribution in [0.15, 0.2) is 12.2 Å². The normalized spacial score (nSPS) is 31.4. The Balaban J connectivity index is 1.64. The van der Waals surface area contributed by atoms with Crippen LogP contribution in [-0.4, -0.2) is 36.5 Å². The lowest BCUT2D eigenvalue weighted by molar-refractivity contribution is -0.142. The molecule has 138 valence electrons. The van der Waals surface area contributed by atoms with Crippen LogP contribution in [0.2, 0.25) is 0 Å². The van der Waals surface area contributed by atoms with Gasteiger partial charge in [-0.25, -0.2) is 4.79 Å². The second kappa shape index (κ2) is 9.57. The van der Waals surface area contributed by atoms with E-state index in [1.54, 1.807) is 6.92 Å². The number of carbonyl (C=O) groups is 1. The molecule has 1 N–H and O–H groups in total. The molecule has 0 heterocycles. The third kappa shape index (κ3) is 5.06. The van der Waals surface area contributed by atoms with E-state index in [0.29, 0.717) is 18.1 Å². The van der Waals surface area contributed by atoms with Crippen molar-refractivity contribution in [3.05, 3.63) is 12.2 Å². The first-order valence-electron chi connectivity index (χ1n) is 9.66. The Hall–Kier alpha value is -0.870. The van der Waals surface area contributed by atoms with E-state index >= 15 is 0 Å². The number of ether oxygens (including phenoxy) is 2. The summed E-state index contributed by atoms with van der Waals surface area (Å²) in [6.45, 7) is 8.64. The Morgan fingerprint density at radius 3 is 2.54 bits per heavy atom. The minimum Gasteiger partial charge on any atom is -0.462 e. The summed E-state index contributed by atoms with van der Waals surface area (Å²) in [7, 11) is 0. The summed E-state index contributed by atoms with van der Waals surface area (Å²) in [4.78, 5) is 11.5. The smallest absolute Gasteiger partial charge is 0.333 e. The Kier molecular flexibility index (Phi) is 7.76. The lowest BCUT2D eigenvalue weighted by Crippen LogP contribution is -2.40. The van der Waals surface area contributed by atoms with Gasteiger partial charge in [-0.2, -0.15) is 0 Å². The zero-order chi connectivity index (χ0) is 17.5. The Morgan fingerprint density at radius 1 is 1.17 bits per heavy atom. The molecule has 2 aliphatic rings. The van der Waals surface area contributed by atoms with E-state index in [4.69, 9.17) is 9.47 Å². The van der Waals surface area contributed by atoms with Gasteiger partial charge in [0.15, 0.2) is 0 Å². The van der Waals surface area contributed by atoms with Gasteiger partial charge in [-0.1, -0.05) is 45.6 Å². The standard InChI is InChI=1S/C20H34O4/c1-4-5-6-7-8-9-10-23-19-15-11-16(17(12-15)18(19)21)13-24-20(22)14(2)3/h15-19,21H,2,4-13H2,1,3H3. The molecule has 2 saturated carbocycles. The van der Waals surface area contributed by atoms with Crippen molar-refractivity contribution in [1.82, 2.24) is 0 Å². The first-order valence-corrected chi connectivity index (χ1v) is 9.66.